The Balaban J connectivity index is 1.91. The van der Waals surface area contributed by atoms with Crippen molar-refractivity contribution >= 4 is 5.91 Å². The van der Waals surface area contributed by atoms with Crippen molar-refractivity contribution in [2.24, 2.45) is 17.8 Å². The Hall–Kier alpha value is -0.570. The zero-order chi connectivity index (χ0) is 14.0. The average Bonchev–Trinajstić information content (AvgIpc) is 2.37. The lowest BCUT2D eigenvalue weighted by atomic mass is 9.90. The first-order valence-electron chi connectivity index (χ1n) is 8.00. The van der Waals surface area contributed by atoms with Gasteiger partial charge in [0.15, 0.2) is 0 Å². The second-order valence-electron chi connectivity index (χ2n) is 7.08. The Morgan fingerprint density at radius 3 is 2.05 bits per heavy atom. The van der Waals surface area contributed by atoms with Crippen molar-refractivity contribution in [3.63, 3.8) is 0 Å². The van der Waals surface area contributed by atoms with Crippen LogP contribution < -0.4 is 0 Å². The van der Waals surface area contributed by atoms with Crippen molar-refractivity contribution in [1.29, 1.82) is 0 Å². The molecular formula is C16H30N2O. The molecule has 2 saturated heterocycles. The van der Waals surface area contributed by atoms with Crippen LogP contribution in [0.3, 0.4) is 0 Å². The van der Waals surface area contributed by atoms with Gasteiger partial charge >= 0.3 is 0 Å². The Morgan fingerprint density at radius 1 is 1.00 bits per heavy atom. The van der Waals surface area contributed by atoms with Gasteiger partial charge < -0.3 is 4.90 Å². The molecule has 0 aliphatic carbocycles. The minimum atomic E-state index is 0.0682. The summed E-state index contributed by atoms with van der Waals surface area (Å²) < 4.78 is 0. The van der Waals surface area contributed by atoms with Crippen molar-refractivity contribution in [3.8, 4) is 0 Å². The maximum absolute atomic E-state index is 12.6. The van der Waals surface area contributed by atoms with E-state index >= 15 is 0 Å². The van der Waals surface area contributed by atoms with E-state index < -0.39 is 0 Å². The second-order valence-corrected chi connectivity index (χ2v) is 7.08. The van der Waals surface area contributed by atoms with Gasteiger partial charge in [-0.3, -0.25) is 9.69 Å². The number of likely N-dealkylation sites (tertiary alicyclic amines) is 2. The number of rotatable bonds is 2. The minimum absolute atomic E-state index is 0.0682. The van der Waals surface area contributed by atoms with Gasteiger partial charge in [0.1, 0.15) is 0 Å². The molecule has 2 fully saturated rings. The highest BCUT2D eigenvalue weighted by molar-refractivity contribution is 5.81. The monoisotopic (exact) mass is 266 g/mol. The summed E-state index contributed by atoms with van der Waals surface area (Å²) in [4.78, 5) is 17.1. The van der Waals surface area contributed by atoms with Gasteiger partial charge in [0.25, 0.3) is 0 Å². The highest BCUT2D eigenvalue weighted by Crippen LogP contribution is 2.24. The molecule has 2 aliphatic rings. The summed E-state index contributed by atoms with van der Waals surface area (Å²) in [6, 6.07) is 0.0682. The minimum Gasteiger partial charge on any atom is -0.341 e. The Labute approximate surface area is 118 Å². The second kappa shape index (κ2) is 6.25. The van der Waals surface area contributed by atoms with E-state index in [4.69, 9.17) is 0 Å². The van der Waals surface area contributed by atoms with E-state index in [2.05, 4.69) is 37.5 Å². The molecule has 0 unspecified atom stereocenters. The van der Waals surface area contributed by atoms with Gasteiger partial charge in [-0.2, -0.15) is 0 Å². The van der Waals surface area contributed by atoms with Gasteiger partial charge in [-0.1, -0.05) is 20.8 Å². The topological polar surface area (TPSA) is 23.6 Å². The maximum atomic E-state index is 12.6. The molecule has 3 atom stereocenters. The molecule has 3 heteroatoms. The van der Waals surface area contributed by atoms with E-state index in [1.807, 2.05) is 0 Å². The highest BCUT2D eigenvalue weighted by atomic mass is 16.2. The van der Waals surface area contributed by atoms with Crippen molar-refractivity contribution < 1.29 is 4.79 Å². The van der Waals surface area contributed by atoms with Crippen LogP contribution in [-0.2, 0) is 4.79 Å². The van der Waals surface area contributed by atoms with Crippen LogP contribution in [0.1, 0.15) is 47.0 Å². The van der Waals surface area contributed by atoms with Crippen molar-refractivity contribution in [2.75, 3.05) is 26.2 Å². The quantitative estimate of drug-likeness (QED) is 0.767. The lowest BCUT2D eigenvalue weighted by Crippen LogP contribution is -2.53. The predicted molar refractivity (Wildman–Crippen MR) is 79.0 cm³/mol. The summed E-state index contributed by atoms with van der Waals surface area (Å²) >= 11 is 0. The first-order valence-corrected chi connectivity index (χ1v) is 8.00. The van der Waals surface area contributed by atoms with Gasteiger partial charge in [0.2, 0.25) is 5.91 Å². The lowest BCUT2D eigenvalue weighted by molar-refractivity contribution is -0.138. The lowest BCUT2D eigenvalue weighted by Gasteiger charge is -2.40. The summed E-state index contributed by atoms with van der Waals surface area (Å²) in [5.41, 5.74) is 0. The number of piperidine rings is 2. The molecule has 110 valence electrons. The largest absolute Gasteiger partial charge is 0.341 e. The van der Waals surface area contributed by atoms with Crippen LogP contribution in [-0.4, -0.2) is 47.9 Å². The molecule has 2 rings (SSSR count). The SMILES string of the molecule is CC1CCN(C(=O)[C@@H](C)N2C[C@H](C)C[C@H](C)C2)CC1. The first-order chi connectivity index (χ1) is 8.97. The first kappa shape index (κ1) is 14.8. The van der Waals surface area contributed by atoms with Crippen LogP contribution in [0.25, 0.3) is 0 Å². The molecule has 0 radical (unpaired) electrons. The Kier molecular flexibility index (Phi) is 4.88. The van der Waals surface area contributed by atoms with Gasteiger partial charge in [-0.25, -0.2) is 0 Å². The molecule has 1 amide bonds. The van der Waals surface area contributed by atoms with Crippen LogP contribution >= 0.6 is 0 Å². The van der Waals surface area contributed by atoms with E-state index in [9.17, 15) is 4.79 Å². The molecule has 0 bridgehead atoms. The molecule has 0 aromatic rings. The predicted octanol–water partition coefficient (Wildman–Crippen LogP) is 2.61. The third-order valence-electron chi connectivity index (χ3n) is 4.90. The molecule has 0 aromatic heterocycles. The van der Waals surface area contributed by atoms with Crippen LogP contribution in [0.2, 0.25) is 0 Å². The molecule has 0 spiro atoms. The number of hydrogen-bond acceptors (Lipinski definition) is 2. The van der Waals surface area contributed by atoms with Crippen LogP contribution in [0.4, 0.5) is 0 Å². The normalized spacial score (nSPS) is 32.3. The highest BCUT2D eigenvalue weighted by Gasteiger charge is 2.32. The van der Waals surface area contributed by atoms with E-state index in [0.29, 0.717) is 5.91 Å². The van der Waals surface area contributed by atoms with E-state index in [-0.39, 0.29) is 6.04 Å². The van der Waals surface area contributed by atoms with E-state index in [0.717, 1.165) is 43.9 Å². The van der Waals surface area contributed by atoms with Gasteiger partial charge in [-0.15, -0.1) is 0 Å². The van der Waals surface area contributed by atoms with Crippen molar-refractivity contribution in [2.45, 2.75) is 53.0 Å². The number of carbonyl (C=O) groups is 1. The standard InChI is InChI=1S/C16H30N2O/c1-12-5-7-17(8-6-12)16(19)15(4)18-10-13(2)9-14(3)11-18/h12-15H,5-11H2,1-4H3/t13-,14+,15-/m1/s1. The van der Waals surface area contributed by atoms with Gasteiger partial charge in [-0.05, 0) is 43.9 Å². The molecule has 19 heavy (non-hydrogen) atoms. The van der Waals surface area contributed by atoms with E-state index in [1.165, 1.54) is 19.3 Å². The molecule has 2 aliphatic heterocycles. The summed E-state index contributed by atoms with van der Waals surface area (Å²) in [6.07, 6.45) is 3.65. The number of nitrogens with zero attached hydrogens (tertiary/aromatic N) is 2. The van der Waals surface area contributed by atoms with Gasteiger partial charge in [0, 0.05) is 26.2 Å². The van der Waals surface area contributed by atoms with E-state index in [1.54, 1.807) is 0 Å². The zero-order valence-corrected chi connectivity index (χ0v) is 13.1. The maximum Gasteiger partial charge on any atom is 0.239 e. The molecule has 2 heterocycles. The smallest absolute Gasteiger partial charge is 0.239 e. The Bertz CT molecular complexity index is 300. The van der Waals surface area contributed by atoms with Crippen molar-refractivity contribution in [1.82, 2.24) is 9.80 Å². The summed E-state index contributed by atoms with van der Waals surface area (Å²) in [5, 5.41) is 0. The molecule has 0 N–H and O–H groups in total. The zero-order valence-electron chi connectivity index (χ0n) is 13.1. The third kappa shape index (κ3) is 3.71. The molecule has 0 aromatic carbocycles. The molecule has 3 nitrogen and oxygen atoms in total. The molecular weight excluding hydrogens is 236 g/mol. The summed E-state index contributed by atoms with van der Waals surface area (Å²) in [7, 11) is 0. The summed E-state index contributed by atoms with van der Waals surface area (Å²) in [6.45, 7) is 13.1. The average molecular weight is 266 g/mol. The van der Waals surface area contributed by atoms with Crippen LogP contribution in [0.15, 0.2) is 0 Å². The summed E-state index contributed by atoms with van der Waals surface area (Å²) in [5.74, 6) is 2.59. The van der Waals surface area contributed by atoms with Crippen molar-refractivity contribution in [3.05, 3.63) is 0 Å². The van der Waals surface area contributed by atoms with Crippen LogP contribution in [0.5, 0.6) is 0 Å². The fourth-order valence-electron chi connectivity index (χ4n) is 3.68. The fourth-order valence-corrected chi connectivity index (χ4v) is 3.68. The number of carbonyl (C=O) groups excluding carboxylic acids is 1. The third-order valence-corrected chi connectivity index (χ3v) is 4.90. The Morgan fingerprint density at radius 2 is 1.53 bits per heavy atom. The van der Waals surface area contributed by atoms with Gasteiger partial charge in [0.05, 0.1) is 6.04 Å². The number of hydrogen-bond donors (Lipinski definition) is 0. The molecule has 0 saturated carbocycles. The van der Waals surface area contributed by atoms with Crippen LogP contribution in [0, 0.1) is 17.8 Å². The fraction of sp³-hybridized carbons (Fsp3) is 0.938. The number of amides is 1.